The molecule has 1 aliphatic heterocycles. The fourth-order valence-corrected chi connectivity index (χ4v) is 2.57. The van der Waals surface area contributed by atoms with Crippen molar-refractivity contribution in [1.29, 1.82) is 0 Å². The lowest BCUT2D eigenvalue weighted by Crippen LogP contribution is -2.38. The van der Waals surface area contributed by atoms with Crippen molar-refractivity contribution < 1.29 is 0 Å². The molecule has 1 aliphatic rings. The van der Waals surface area contributed by atoms with Crippen LogP contribution in [0.3, 0.4) is 0 Å². The molecule has 1 N–H and O–H groups in total. The summed E-state index contributed by atoms with van der Waals surface area (Å²) < 4.78 is 0. The van der Waals surface area contributed by atoms with Crippen molar-refractivity contribution in [3.8, 4) is 0 Å². The van der Waals surface area contributed by atoms with Gasteiger partial charge in [-0.05, 0) is 31.7 Å². The van der Waals surface area contributed by atoms with Crippen molar-refractivity contribution in [1.82, 2.24) is 10.2 Å². The first-order valence-corrected chi connectivity index (χ1v) is 7.05. The van der Waals surface area contributed by atoms with Crippen LogP contribution in [0.2, 0.25) is 0 Å². The van der Waals surface area contributed by atoms with Gasteiger partial charge in [-0.1, -0.05) is 13.8 Å². The third-order valence-corrected chi connectivity index (χ3v) is 3.69. The van der Waals surface area contributed by atoms with E-state index in [1.54, 1.807) is 0 Å². The molecule has 0 aromatic carbocycles. The van der Waals surface area contributed by atoms with Crippen molar-refractivity contribution >= 4 is 11.8 Å². The maximum Gasteiger partial charge on any atom is 0.0192 e. The van der Waals surface area contributed by atoms with E-state index in [0.29, 0.717) is 0 Å². The standard InChI is InChI=1S/C11H24N2S/c1-3-11-10-13(7-5-6-12-11)8-9-14-4-2/h11-12H,3-10H2,1-2H3. The van der Waals surface area contributed by atoms with E-state index in [1.807, 2.05) is 0 Å². The molecule has 0 spiro atoms. The van der Waals surface area contributed by atoms with Gasteiger partial charge in [0, 0.05) is 24.9 Å². The Bertz CT molecular complexity index is 141. The van der Waals surface area contributed by atoms with Gasteiger partial charge in [0.1, 0.15) is 0 Å². The molecule has 0 aromatic heterocycles. The molecule has 1 heterocycles. The zero-order chi connectivity index (χ0) is 10.2. The van der Waals surface area contributed by atoms with Crippen molar-refractivity contribution in [2.24, 2.45) is 0 Å². The molecule has 1 saturated heterocycles. The lowest BCUT2D eigenvalue weighted by Gasteiger charge is -2.23. The molecule has 0 amide bonds. The highest BCUT2D eigenvalue weighted by Crippen LogP contribution is 2.06. The first-order chi connectivity index (χ1) is 6.86. The van der Waals surface area contributed by atoms with Crippen LogP contribution in [0.4, 0.5) is 0 Å². The van der Waals surface area contributed by atoms with E-state index in [0.717, 1.165) is 6.04 Å². The normalized spacial score (nSPS) is 24.9. The van der Waals surface area contributed by atoms with Crippen LogP contribution in [0.15, 0.2) is 0 Å². The number of hydrogen-bond acceptors (Lipinski definition) is 3. The van der Waals surface area contributed by atoms with E-state index in [-0.39, 0.29) is 0 Å². The van der Waals surface area contributed by atoms with Crippen LogP contribution < -0.4 is 5.32 Å². The SMILES string of the molecule is CCSCCN1CCCNC(CC)C1. The molecule has 0 bridgehead atoms. The van der Waals surface area contributed by atoms with Crippen LogP contribution in [0.25, 0.3) is 0 Å². The molecule has 1 unspecified atom stereocenters. The molecule has 0 radical (unpaired) electrons. The summed E-state index contributed by atoms with van der Waals surface area (Å²) in [6.07, 6.45) is 2.57. The van der Waals surface area contributed by atoms with E-state index in [9.17, 15) is 0 Å². The first-order valence-electron chi connectivity index (χ1n) is 5.90. The Hall–Kier alpha value is 0.270. The zero-order valence-electron chi connectivity index (χ0n) is 9.59. The van der Waals surface area contributed by atoms with Gasteiger partial charge < -0.3 is 10.2 Å². The Balaban J connectivity index is 2.20. The molecule has 1 atom stereocenters. The zero-order valence-corrected chi connectivity index (χ0v) is 10.4. The fourth-order valence-electron chi connectivity index (χ4n) is 1.89. The highest BCUT2D eigenvalue weighted by atomic mass is 32.2. The molecular weight excluding hydrogens is 192 g/mol. The molecule has 2 nitrogen and oxygen atoms in total. The third-order valence-electron chi connectivity index (χ3n) is 2.81. The summed E-state index contributed by atoms with van der Waals surface area (Å²) in [6.45, 7) is 9.53. The third kappa shape index (κ3) is 4.67. The second kappa shape index (κ2) is 7.55. The van der Waals surface area contributed by atoms with Gasteiger partial charge in [-0.2, -0.15) is 11.8 Å². The number of rotatable bonds is 5. The van der Waals surface area contributed by atoms with Gasteiger partial charge in [0.05, 0.1) is 0 Å². The summed E-state index contributed by atoms with van der Waals surface area (Å²) >= 11 is 2.06. The lowest BCUT2D eigenvalue weighted by molar-refractivity contribution is 0.281. The van der Waals surface area contributed by atoms with Gasteiger partial charge in [-0.15, -0.1) is 0 Å². The molecule has 0 aliphatic carbocycles. The summed E-state index contributed by atoms with van der Waals surface area (Å²) in [7, 11) is 0. The monoisotopic (exact) mass is 216 g/mol. The fraction of sp³-hybridized carbons (Fsp3) is 1.00. The molecule has 14 heavy (non-hydrogen) atoms. The van der Waals surface area contributed by atoms with Crippen molar-refractivity contribution in [3.63, 3.8) is 0 Å². The van der Waals surface area contributed by atoms with E-state index < -0.39 is 0 Å². The predicted octanol–water partition coefficient (Wildman–Crippen LogP) is 1.81. The van der Waals surface area contributed by atoms with Crippen molar-refractivity contribution in [2.45, 2.75) is 32.7 Å². The van der Waals surface area contributed by atoms with Crippen LogP contribution in [-0.4, -0.2) is 48.6 Å². The molecule has 0 aromatic rings. The molecular formula is C11H24N2S. The maximum absolute atomic E-state index is 3.60. The topological polar surface area (TPSA) is 15.3 Å². The average Bonchev–Trinajstić information content (AvgIpc) is 2.43. The number of nitrogens with one attached hydrogen (secondary N) is 1. The minimum atomic E-state index is 0.726. The Labute approximate surface area is 92.8 Å². The van der Waals surface area contributed by atoms with Crippen molar-refractivity contribution in [3.05, 3.63) is 0 Å². The predicted molar refractivity (Wildman–Crippen MR) is 66.1 cm³/mol. The van der Waals surface area contributed by atoms with Crippen LogP contribution in [0, 0.1) is 0 Å². The number of thioether (sulfide) groups is 1. The summed E-state index contributed by atoms with van der Waals surface area (Å²) in [6, 6.07) is 0.726. The summed E-state index contributed by atoms with van der Waals surface area (Å²) in [4.78, 5) is 2.62. The quantitative estimate of drug-likeness (QED) is 0.706. The number of nitrogens with zero attached hydrogens (tertiary/aromatic N) is 1. The molecule has 3 heteroatoms. The molecule has 0 saturated carbocycles. The second-order valence-electron chi connectivity index (χ2n) is 3.91. The van der Waals surface area contributed by atoms with Crippen LogP contribution in [0.1, 0.15) is 26.7 Å². The lowest BCUT2D eigenvalue weighted by atomic mass is 10.2. The van der Waals surface area contributed by atoms with E-state index in [4.69, 9.17) is 0 Å². The smallest absolute Gasteiger partial charge is 0.0192 e. The van der Waals surface area contributed by atoms with Gasteiger partial charge >= 0.3 is 0 Å². The summed E-state index contributed by atoms with van der Waals surface area (Å²) in [5, 5.41) is 3.60. The largest absolute Gasteiger partial charge is 0.313 e. The van der Waals surface area contributed by atoms with E-state index in [1.165, 1.54) is 50.5 Å². The van der Waals surface area contributed by atoms with Gasteiger partial charge in [0.25, 0.3) is 0 Å². The Morgan fingerprint density at radius 3 is 3.00 bits per heavy atom. The minimum Gasteiger partial charge on any atom is -0.313 e. The van der Waals surface area contributed by atoms with Gasteiger partial charge in [-0.25, -0.2) is 0 Å². The van der Waals surface area contributed by atoms with E-state index in [2.05, 4.69) is 35.8 Å². The van der Waals surface area contributed by atoms with Crippen LogP contribution in [-0.2, 0) is 0 Å². The highest BCUT2D eigenvalue weighted by molar-refractivity contribution is 7.99. The van der Waals surface area contributed by atoms with Gasteiger partial charge in [0.2, 0.25) is 0 Å². The van der Waals surface area contributed by atoms with Crippen LogP contribution >= 0.6 is 11.8 Å². The summed E-state index contributed by atoms with van der Waals surface area (Å²) in [5.74, 6) is 2.55. The molecule has 1 fully saturated rings. The maximum atomic E-state index is 3.60. The Kier molecular flexibility index (Phi) is 6.65. The van der Waals surface area contributed by atoms with Gasteiger partial charge in [-0.3, -0.25) is 0 Å². The van der Waals surface area contributed by atoms with Crippen molar-refractivity contribution in [2.75, 3.05) is 37.7 Å². The minimum absolute atomic E-state index is 0.726. The Morgan fingerprint density at radius 1 is 1.43 bits per heavy atom. The average molecular weight is 216 g/mol. The molecule has 84 valence electrons. The first kappa shape index (κ1) is 12.3. The van der Waals surface area contributed by atoms with Crippen LogP contribution in [0.5, 0.6) is 0 Å². The second-order valence-corrected chi connectivity index (χ2v) is 5.30. The summed E-state index contributed by atoms with van der Waals surface area (Å²) in [5.41, 5.74) is 0. The molecule has 1 rings (SSSR count). The van der Waals surface area contributed by atoms with Gasteiger partial charge in [0.15, 0.2) is 0 Å². The highest BCUT2D eigenvalue weighted by Gasteiger charge is 2.15. The Morgan fingerprint density at radius 2 is 2.29 bits per heavy atom. The number of hydrogen-bond donors (Lipinski definition) is 1. The van der Waals surface area contributed by atoms with E-state index >= 15 is 0 Å².